The summed E-state index contributed by atoms with van der Waals surface area (Å²) in [5.41, 5.74) is 1.59. The Hall–Kier alpha value is -2.28. The maximum absolute atomic E-state index is 12.7. The summed E-state index contributed by atoms with van der Waals surface area (Å²) >= 11 is 0.0000885. The van der Waals surface area contributed by atoms with E-state index in [2.05, 4.69) is 17.4 Å². The number of halogens is 1. The number of hydrogen-bond acceptors (Lipinski definition) is 3. The summed E-state index contributed by atoms with van der Waals surface area (Å²) in [5.74, 6) is 1.44. The fraction of sp³-hybridized carbons (Fsp3) is 0.150. The summed E-state index contributed by atoms with van der Waals surface area (Å²) in [4.78, 5) is 12.7. The van der Waals surface area contributed by atoms with Gasteiger partial charge < -0.3 is 0 Å². The fourth-order valence-corrected chi connectivity index (χ4v) is 4.89. The zero-order chi connectivity index (χ0) is 17.2. The van der Waals surface area contributed by atoms with E-state index in [4.69, 9.17) is 9.47 Å². The molecule has 0 unspecified atom stereocenters. The standard InChI is InChI=1S/C20H17INO3/c1-24-19-15-5-3-2-4-14(15)7-8-16(19)20(23)22-11-13-6-9-17-18(10-13)25-12-21-17/h2-10H,11-12H2,1H3,(H,22,23)/q-1. The van der Waals surface area contributed by atoms with Gasteiger partial charge in [-0.05, 0) is 0 Å². The molecule has 1 aliphatic heterocycles. The molecule has 0 saturated heterocycles. The van der Waals surface area contributed by atoms with Gasteiger partial charge in [-0.25, -0.2) is 0 Å². The van der Waals surface area contributed by atoms with E-state index in [-0.39, 0.29) is 27.1 Å². The Bertz CT molecular complexity index is 955. The number of rotatable bonds is 4. The van der Waals surface area contributed by atoms with Crippen LogP contribution >= 0.6 is 0 Å². The van der Waals surface area contributed by atoms with Gasteiger partial charge in [-0.1, -0.05) is 6.07 Å². The van der Waals surface area contributed by atoms with Crippen LogP contribution < -0.4 is 36.0 Å². The zero-order valence-corrected chi connectivity index (χ0v) is 15.9. The van der Waals surface area contributed by atoms with Crippen LogP contribution in [-0.4, -0.2) is 17.6 Å². The topological polar surface area (TPSA) is 47.6 Å². The first kappa shape index (κ1) is 16.2. The van der Waals surface area contributed by atoms with Gasteiger partial charge in [0.25, 0.3) is 0 Å². The van der Waals surface area contributed by atoms with Crippen LogP contribution in [0, 0.1) is 3.57 Å². The number of benzene rings is 3. The van der Waals surface area contributed by atoms with E-state index in [1.807, 2.05) is 42.5 Å². The van der Waals surface area contributed by atoms with Gasteiger partial charge in [-0.2, -0.15) is 0 Å². The maximum atomic E-state index is 12.7. The van der Waals surface area contributed by atoms with Gasteiger partial charge in [0, 0.05) is 0 Å². The Morgan fingerprint density at radius 1 is 1.20 bits per heavy atom. The normalized spacial score (nSPS) is 12.8. The molecule has 0 bridgehead atoms. The van der Waals surface area contributed by atoms with Crippen molar-refractivity contribution in [3.8, 4) is 11.5 Å². The second-order valence-electron chi connectivity index (χ2n) is 5.70. The van der Waals surface area contributed by atoms with Crippen molar-refractivity contribution in [3.63, 3.8) is 0 Å². The number of methoxy groups -OCH3 is 1. The SMILES string of the molecule is COc1c(C(=O)NCc2ccc3c(c2)OC[I-]3)ccc2ccccc12. The van der Waals surface area contributed by atoms with Crippen LogP contribution in [0.15, 0.2) is 54.6 Å². The summed E-state index contributed by atoms with van der Waals surface area (Å²) < 4.78 is 13.3. The van der Waals surface area contributed by atoms with Crippen LogP contribution in [0.5, 0.6) is 11.5 Å². The molecule has 128 valence electrons. The Morgan fingerprint density at radius 3 is 2.96 bits per heavy atom. The monoisotopic (exact) mass is 446 g/mol. The van der Waals surface area contributed by atoms with E-state index in [1.54, 1.807) is 7.11 Å². The van der Waals surface area contributed by atoms with Crippen LogP contribution in [0.1, 0.15) is 15.9 Å². The third-order valence-corrected chi connectivity index (χ3v) is 6.52. The van der Waals surface area contributed by atoms with E-state index in [1.165, 1.54) is 3.57 Å². The predicted molar refractivity (Wildman–Crippen MR) is 92.3 cm³/mol. The minimum absolute atomic E-state index is 0.0000885. The summed E-state index contributed by atoms with van der Waals surface area (Å²) in [5, 5.41) is 4.97. The molecule has 1 N–H and O–H groups in total. The van der Waals surface area contributed by atoms with Gasteiger partial charge in [0.1, 0.15) is 0 Å². The van der Waals surface area contributed by atoms with E-state index in [0.29, 0.717) is 17.9 Å². The van der Waals surface area contributed by atoms with Crippen molar-refractivity contribution in [2.75, 3.05) is 11.7 Å². The molecular weight excluding hydrogens is 429 g/mol. The van der Waals surface area contributed by atoms with E-state index < -0.39 is 0 Å². The molecule has 0 aromatic heterocycles. The number of nitrogens with one attached hydrogen (secondary N) is 1. The molecule has 0 radical (unpaired) electrons. The molecule has 3 aromatic rings. The molecule has 0 aliphatic carbocycles. The molecule has 0 saturated carbocycles. The third-order valence-electron chi connectivity index (χ3n) is 4.19. The molecule has 0 spiro atoms. The number of carbonyl (C=O) groups excluding carboxylic acids is 1. The molecule has 1 amide bonds. The van der Waals surface area contributed by atoms with E-state index in [9.17, 15) is 4.79 Å². The second-order valence-corrected chi connectivity index (χ2v) is 8.25. The van der Waals surface area contributed by atoms with Crippen molar-refractivity contribution in [2.45, 2.75) is 6.54 Å². The van der Waals surface area contributed by atoms with Crippen molar-refractivity contribution >= 4 is 16.7 Å². The predicted octanol–water partition coefficient (Wildman–Crippen LogP) is 0.387. The summed E-state index contributed by atoms with van der Waals surface area (Å²) in [7, 11) is 1.60. The zero-order valence-electron chi connectivity index (χ0n) is 13.7. The molecule has 3 aromatic carbocycles. The molecule has 4 rings (SSSR count). The summed E-state index contributed by atoms with van der Waals surface area (Å²) in [6, 6.07) is 17.9. The summed E-state index contributed by atoms with van der Waals surface area (Å²) in [6.07, 6.45) is 0. The van der Waals surface area contributed by atoms with Gasteiger partial charge in [0.2, 0.25) is 0 Å². The van der Waals surface area contributed by atoms with Crippen molar-refractivity contribution in [1.29, 1.82) is 0 Å². The molecule has 5 heteroatoms. The van der Waals surface area contributed by atoms with E-state index >= 15 is 0 Å². The molecule has 4 nitrogen and oxygen atoms in total. The number of ether oxygens (including phenoxy) is 2. The Kier molecular flexibility index (Phi) is 4.48. The van der Waals surface area contributed by atoms with Gasteiger partial charge in [-0.15, -0.1) is 0 Å². The quantitative estimate of drug-likeness (QED) is 0.466. The molecule has 0 fully saturated rings. The Labute approximate surface area is 156 Å². The van der Waals surface area contributed by atoms with Crippen LogP contribution in [0.4, 0.5) is 0 Å². The van der Waals surface area contributed by atoms with Gasteiger partial charge >= 0.3 is 150 Å². The van der Waals surface area contributed by atoms with E-state index in [0.717, 1.165) is 26.7 Å². The fourth-order valence-electron chi connectivity index (χ4n) is 2.94. The molecule has 1 aliphatic rings. The van der Waals surface area contributed by atoms with Crippen molar-refractivity contribution < 1.29 is 35.5 Å². The van der Waals surface area contributed by atoms with Crippen LogP contribution in [0.2, 0.25) is 0 Å². The molecule has 1 heterocycles. The minimum atomic E-state index is -0.142. The number of carbonyl (C=O) groups is 1. The summed E-state index contributed by atoms with van der Waals surface area (Å²) in [6.45, 7) is 0.462. The first-order valence-electron chi connectivity index (χ1n) is 7.95. The van der Waals surface area contributed by atoms with Crippen molar-refractivity contribution in [1.82, 2.24) is 5.32 Å². The molecule has 25 heavy (non-hydrogen) atoms. The van der Waals surface area contributed by atoms with Crippen LogP contribution in [0.25, 0.3) is 10.8 Å². The van der Waals surface area contributed by atoms with Gasteiger partial charge in [0.15, 0.2) is 0 Å². The Balaban J connectivity index is 1.56. The second kappa shape index (κ2) is 6.92. The van der Waals surface area contributed by atoms with Crippen LogP contribution in [-0.2, 0) is 6.54 Å². The average molecular weight is 446 g/mol. The van der Waals surface area contributed by atoms with Crippen LogP contribution in [0.3, 0.4) is 0 Å². The van der Waals surface area contributed by atoms with Gasteiger partial charge in [-0.3, -0.25) is 0 Å². The van der Waals surface area contributed by atoms with Crippen molar-refractivity contribution in [3.05, 3.63) is 69.3 Å². The Morgan fingerprint density at radius 2 is 2.08 bits per heavy atom. The first-order chi connectivity index (χ1) is 12.3. The number of fused-ring (bicyclic) bond motifs is 2. The number of hydrogen-bond donors (Lipinski definition) is 1. The number of alkyl halides is 1. The third kappa shape index (κ3) is 3.16. The van der Waals surface area contributed by atoms with Crippen molar-refractivity contribution in [2.24, 2.45) is 0 Å². The molecule has 0 atom stereocenters. The molecular formula is C20H17INO3-. The first-order valence-corrected chi connectivity index (χ1v) is 10.6. The van der Waals surface area contributed by atoms with Gasteiger partial charge in [0.05, 0.1) is 0 Å². The number of amides is 1. The average Bonchev–Trinajstić information content (AvgIpc) is 3.13.